The van der Waals surface area contributed by atoms with Crippen LogP contribution in [0.1, 0.15) is 17.2 Å². The van der Waals surface area contributed by atoms with Gasteiger partial charge in [0.1, 0.15) is 19.3 Å². The van der Waals surface area contributed by atoms with E-state index in [1.807, 2.05) is 0 Å². The highest BCUT2D eigenvalue weighted by Gasteiger charge is 2.22. The van der Waals surface area contributed by atoms with Crippen molar-refractivity contribution in [1.29, 1.82) is 0 Å². The number of aliphatic hydroxyl groups is 1. The van der Waals surface area contributed by atoms with Gasteiger partial charge < -0.3 is 19.0 Å². The van der Waals surface area contributed by atoms with Crippen LogP contribution in [0.3, 0.4) is 0 Å². The molecule has 3 rings (SSSR count). The molecule has 0 aliphatic carbocycles. The molecule has 1 aromatic carbocycles. The lowest BCUT2D eigenvalue weighted by Gasteiger charge is -2.21. The molecular weight excluding hydrogens is 335 g/mol. The van der Waals surface area contributed by atoms with Gasteiger partial charge in [-0.1, -0.05) is 11.6 Å². The number of halogens is 2. The first-order chi connectivity index (χ1) is 9.16. The number of rotatable bonds is 2. The van der Waals surface area contributed by atoms with Crippen LogP contribution in [0.25, 0.3) is 0 Å². The van der Waals surface area contributed by atoms with Gasteiger partial charge in [0, 0.05) is 17.2 Å². The van der Waals surface area contributed by atoms with Crippen molar-refractivity contribution >= 4 is 27.5 Å². The van der Waals surface area contributed by atoms with Gasteiger partial charge in [-0.2, -0.15) is 0 Å². The molecule has 1 aliphatic rings. The second kappa shape index (κ2) is 5.07. The average molecular weight is 346 g/mol. The maximum Gasteiger partial charge on any atom is 0.175 e. The Morgan fingerprint density at radius 2 is 1.84 bits per heavy atom. The van der Waals surface area contributed by atoms with Crippen LogP contribution in [0.5, 0.6) is 11.5 Å². The van der Waals surface area contributed by atoms with E-state index in [2.05, 4.69) is 15.9 Å². The van der Waals surface area contributed by atoms with Crippen molar-refractivity contribution in [1.82, 2.24) is 0 Å². The van der Waals surface area contributed by atoms with Crippen molar-refractivity contribution in [3.05, 3.63) is 45.3 Å². The minimum atomic E-state index is -0.892. The molecule has 0 saturated heterocycles. The van der Waals surface area contributed by atoms with Crippen LogP contribution >= 0.6 is 27.5 Å². The van der Waals surface area contributed by atoms with E-state index in [-0.39, 0.29) is 0 Å². The summed E-state index contributed by atoms with van der Waals surface area (Å²) in [6, 6.07) is 5.03. The molecule has 100 valence electrons. The highest BCUT2D eigenvalue weighted by atomic mass is 79.9. The molecule has 2 heterocycles. The number of hydrogen-bond donors (Lipinski definition) is 1. The zero-order valence-electron chi connectivity index (χ0n) is 9.73. The summed E-state index contributed by atoms with van der Waals surface area (Å²) in [6.07, 6.45) is 0.602. The lowest BCUT2D eigenvalue weighted by Crippen LogP contribution is -2.16. The van der Waals surface area contributed by atoms with Crippen LogP contribution in [0, 0.1) is 0 Å². The zero-order chi connectivity index (χ0) is 13.4. The number of ether oxygens (including phenoxy) is 2. The zero-order valence-corrected chi connectivity index (χ0v) is 12.1. The van der Waals surface area contributed by atoms with Gasteiger partial charge in [0.2, 0.25) is 0 Å². The Bertz CT molecular complexity index is 611. The van der Waals surface area contributed by atoms with Crippen molar-refractivity contribution in [3.63, 3.8) is 0 Å². The quantitative estimate of drug-likeness (QED) is 0.904. The van der Waals surface area contributed by atoms with Crippen LogP contribution in [0.4, 0.5) is 0 Å². The normalized spacial score (nSPS) is 15.3. The smallest absolute Gasteiger partial charge is 0.175 e. The molecule has 19 heavy (non-hydrogen) atoms. The highest BCUT2D eigenvalue weighted by Crippen LogP contribution is 2.40. The molecule has 1 atom stereocenters. The lowest BCUT2D eigenvalue weighted by molar-refractivity contribution is 0.169. The van der Waals surface area contributed by atoms with Crippen molar-refractivity contribution in [2.45, 2.75) is 6.10 Å². The predicted octanol–water partition coefficient (Wildman–Crippen LogP) is 3.55. The second-order valence-corrected chi connectivity index (χ2v) is 5.20. The van der Waals surface area contributed by atoms with E-state index < -0.39 is 6.10 Å². The molecule has 0 amide bonds. The number of benzene rings is 1. The third kappa shape index (κ3) is 2.33. The molecule has 4 nitrogen and oxygen atoms in total. The summed E-state index contributed by atoms with van der Waals surface area (Å²) >= 11 is 9.42. The van der Waals surface area contributed by atoms with E-state index >= 15 is 0 Å². The van der Waals surface area contributed by atoms with Gasteiger partial charge in [-0.15, -0.1) is 0 Å². The SMILES string of the molecule is OC(c1cc2c(cc1Cl)OCCO2)c1ccoc1Br. The minimum Gasteiger partial charge on any atom is -0.486 e. The molecule has 1 aliphatic heterocycles. The summed E-state index contributed by atoms with van der Waals surface area (Å²) < 4.78 is 16.5. The Kier molecular flexibility index (Phi) is 3.43. The summed E-state index contributed by atoms with van der Waals surface area (Å²) in [7, 11) is 0. The fourth-order valence-corrected chi connectivity index (χ4v) is 2.67. The third-order valence-corrected chi connectivity index (χ3v) is 3.87. The van der Waals surface area contributed by atoms with Crippen LogP contribution in [0.2, 0.25) is 5.02 Å². The van der Waals surface area contributed by atoms with E-state index in [1.165, 1.54) is 6.26 Å². The number of fused-ring (bicyclic) bond motifs is 1. The first-order valence-electron chi connectivity index (χ1n) is 5.67. The molecule has 1 N–H and O–H groups in total. The van der Waals surface area contributed by atoms with Gasteiger partial charge >= 0.3 is 0 Å². The molecule has 0 saturated carbocycles. The van der Waals surface area contributed by atoms with Crippen LogP contribution < -0.4 is 9.47 Å². The Morgan fingerprint density at radius 1 is 1.16 bits per heavy atom. The Balaban J connectivity index is 2.03. The van der Waals surface area contributed by atoms with E-state index in [9.17, 15) is 5.11 Å². The monoisotopic (exact) mass is 344 g/mol. The van der Waals surface area contributed by atoms with E-state index in [0.717, 1.165) is 0 Å². The van der Waals surface area contributed by atoms with Gasteiger partial charge in [0.15, 0.2) is 16.2 Å². The molecule has 2 aromatic rings. The van der Waals surface area contributed by atoms with Crippen molar-refractivity contribution in [2.24, 2.45) is 0 Å². The summed E-state index contributed by atoms with van der Waals surface area (Å²) in [5.74, 6) is 1.18. The van der Waals surface area contributed by atoms with Gasteiger partial charge in [-0.05, 0) is 28.1 Å². The van der Waals surface area contributed by atoms with E-state index in [0.29, 0.717) is 45.5 Å². The Labute approximate surface area is 123 Å². The van der Waals surface area contributed by atoms with Gasteiger partial charge in [0.25, 0.3) is 0 Å². The number of furan rings is 1. The molecule has 6 heteroatoms. The fourth-order valence-electron chi connectivity index (χ4n) is 1.96. The first-order valence-corrected chi connectivity index (χ1v) is 6.84. The largest absolute Gasteiger partial charge is 0.486 e. The molecule has 0 spiro atoms. The van der Waals surface area contributed by atoms with E-state index in [4.69, 9.17) is 25.5 Å². The predicted molar refractivity (Wildman–Crippen MR) is 72.9 cm³/mol. The summed E-state index contributed by atoms with van der Waals surface area (Å²) in [4.78, 5) is 0. The van der Waals surface area contributed by atoms with Crippen LogP contribution in [-0.2, 0) is 0 Å². The third-order valence-electron chi connectivity index (χ3n) is 2.90. The molecular formula is C13H10BrClO4. The Hall–Kier alpha value is -1.17. The van der Waals surface area contributed by atoms with Gasteiger partial charge in [-0.3, -0.25) is 0 Å². The highest BCUT2D eigenvalue weighted by molar-refractivity contribution is 9.10. The van der Waals surface area contributed by atoms with Gasteiger partial charge in [-0.25, -0.2) is 0 Å². The minimum absolute atomic E-state index is 0.421. The van der Waals surface area contributed by atoms with Crippen molar-refractivity contribution in [3.8, 4) is 11.5 Å². The van der Waals surface area contributed by atoms with Crippen molar-refractivity contribution in [2.75, 3.05) is 13.2 Å². The summed E-state index contributed by atoms with van der Waals surface area (Å²) in [5, 5.41) is 10.8. The molecule has 1 aromatic heterocycles. The standard InChI is InChI=1S/C13H10BrClO4/c14-13-7(1-2-19-13)12(16)8-5-10-11(6-9(8)15)18-4-3-17-10/h1-2,5-6,12,16H,3-4H2. The average Bonchev–Trinajstić information content (AvgIpc) is 2.83. The summed E-state index contributed by atoms with van der Waals surface area (Å²) in [6.45, 7) is 0.984. The second-order valence-electron chi connectivity index (χ2n) is 4.07. The first kappa shape index (κ1) is 12.8. The maximum atomic E-state index is 10.4. The lowest BCUT2D eigenvalue weighted by atomic mass is 10.0. The molecule has 0 bridgehead atoms. The van der Waals surface area contributed by atoms with Crippen LogP contribution in [-0.4, -0.2) is 18.3 Å². The Morgan fingerprint density at radius 3 is 2.47 bits per heavy atom. The number of hydrogen-bond acceptors (Lipinski definition) is 4. The maximum absolute atomic E-state index is 10.4. The van der Waals surface area contributed by atoms with Crippen LogP contribution in [0.15, 0.2) is 33.5 Å². The summed E-state index contributed by atoms with van der Waals surface area (Å²) in [5.41, 5.74) is 1.16. The molecule has 0 radical (unpaired) electrons. The fraction of sp³-hybridized carbons (Fsp3) is 0.231. The molecule has 1 unspecified atom stereocenters. The van der Waals surface area contributed by atoms with E-state index in [1.54, 1.807) is 18.2 Å². The number of aliphatic hydroxyl groups excluding tert-OH is 1. The molecule has 0 fully saturated rings. The van der Waals surface area contributed by atoms with Gasteiger partial charge in [0.05, 0.1) is 11.3 Å². The van der Waals surface area contributed by atoms with Crippen molar-refractivity contribution < 1.29 is 19.0 Å². The topological polar surface area (TPSA) is 51.8 Å².